The molecule has 4 rings (SSSR count). The molecule has 1 heterocycles. The van der Waals surface area contributed by atoms with E-state index in [-0.39, 0.29) is 0 Å². The van der Waals surface area contributed by atoms with E-state index in [4.69, 9.17) is 15.0 Å². The molecule has 6 heteroatoms. The first-order valence-corrected chi connectivity index (χ1v) is 8.14. The van der Waals surface area contributed by atoms with Gasteiger partial charge in [-0.15, -0.1) is 0 Å². The average Bonchev–Trinajstić information content (AvgIpc) is 3.38. The highest BCUT2D eigenvalue weighted by Gasteiger charge is 2.29. The minimum Gasteiger partial charge on any atom is -0.489 e. The maximum Gasteiger partial charge on any atom is 0.248 e. The Bertz CT molecular complexity index is 881. The van der Waals surface area contributed by atoms with Crippen molar-refractivity contribution in [3.05, 3.63) is 65.5 Å². The Hall–Kier alpha value is -3.15. The Morgan fingerprint density at radius 2 is 1.84 bits per heavy atom. The Morgan fingerprint density at radius 3 is 2.48 bits per heavy atom. The fourth-order valence-corrected chi connectivity index (χ4v) is 2.48. The van der Waals surface area contributed by atoms with Crippen LogP contribution >= 0.6 is 0 Å². The summed E-state index contributed by atoms with van der Waals surface area (Å²) in [7, 11) is 0. The zero-order valence-electron chi connectivity index (χ0n) is 13.5. The van der Waals surface area contributed by atoms with E-state index in [0.717, 1.165) is 35.6 Å². The van der Waals surface area contributed by atoms with Crippen molar-refractivity contribution in [2.24, 2.45) is 5.73 Å². The molecule has 1 fully saturated rings. The maximum atomic E-state index is 11.1. The quantitative estimate of drug-likeness (QED) is 0.746. The summed E-state index contributed by atoms with van der Waals surface area (Å²) < 4.78 is 11.0. The molecule has 1 amide bonds. The lowest BCUT2D eigenvalue weighted by Gasteiger charge is -2.07. The first-order chi connectivity index (χ1) is 12.2. The highest BCUT2D eigenvalue weighted by molar-refractivity contribution is 5.92. The molecule has 1 aliphatic carbocycles. The number of rotatable bonds is 6. The van der Waals surface area contributed by atoms with Crippen molar-refractivity contribution in [2.75, 3.05) is 0 Å². The van der Waals surface area contributed by atoms with Gasteiger partial charge in [0.1, 0.15) is 12.4 Å². The summed E-state index contributed by atoms with van der Waals surface area (Å²) in [6.45, 7) is 0.409. The second kappa shape index (κ2) is 6.39. The number of carbonyl (C=O) groups excluding carboxylic acids is 1. The predicted octanol–water partition coefficient (Wildman–Crippen LogP) is 3.29. The molecule has 0 radical (unpaired) electrons. The third-order valence-corrected chi connectivity index (χ3v) is 4.12. The summed E-state index contributed by atoms with van der Waals surface area (Å²) in [6.07, 6.45) is 2.27. The number of ether oxygens (including phenoxy) is 1. The van der Waals surface area contributed by atoms with Crippen molar-refractivity contribution >= 4 is 5.91 Å². The number of amides is 1. The highest BCUT2D eigenvalue weighted by atomic mass is 16.5. The van der Waals surface area contributed by atoms with Gasteiger partial charge in [-0.25, -0.2) is 0 Å². The molecule has 6 nitrogen and oxygen atoms in total. The summed E-state index contributed by atoms with van der Waals surface area (Å²) in [5.74, 6) is 2.10. The summed E-state index contributed by atoms with van der Waals surface area (Å²) in [6, 6.07) is 14.6. The van der Waals surface area contributed by atoms with Crippen molar-refractivity contribution in [3.63, 3.8) is 0 Å². The van der Waals surface area contributed by atoms with E-state index in [0.29, 0.717) is 23.9 Å². The molecule has 1 saturated carbocycles. The van der Waals surface area contributed by atoms with Crippen molar-refractivity contribution in [2.45, 2.75) is 25.4 Å². The first kappa shape index (κ1) is 15.4. The minimum atomic E-state index is -0.436. The highest BCUT2D eigenvalue weighted by Crippen LogP contribution is 2.39. The van der Waals surface area contributed by atoms with Gasteiger partial charge in [-0.1, -0.05) is 17.3 Å². The van der Waals surface area contributed by atoms with Crippen LogP contribution in [0.4, 0.5) is 0 Å². The zero-order chi connectivity index (χ0) is 17.2. The number of primary amides is 1. The molecule has 0 atom stereocenters. The Morgan fingerprint density at radius 1 is 1.12 bits per heavy atom. The van der Waals surface area contributed by atoms with E-state index in [9.17, 15) is 4.79 Å². The van der Waals surface area contributed by atoms with Crippen LogP contribution in [0.1, 0.15) is 40.6 Å². The molecule has 0 spiro atoms. The zero-order valence-corrected chi connectivity index (χ0v) is 13.5. The Balaban J connectivity index is 1.38. The van der Waals surface area contributed by atoms with Gasteiger partial charge in [0.05, 0.1) is 0 Å². The fourth-order valence-electron chi connectivity index (χ4n) is 2.48. The number of benzene rings is 2. The molecule has 2 aromatic carbocycles. The summed E-state index contributed by atoms with van der Waals surface area (Å²) in [4.78, 5) is 15.5. The SMILES string of the molecule is NC(=O)c1ccc(COc2ccc(-c3noc(C4CC4)n3)cc2)cc1. The third-order valence-electron chi connectivity index (χ3n) is 4.12. The molecule has 1 aliphatic rings. The minimum absolute atomic E-state index is 0.409. The average molecular weight is 335 g/mol. The number of hydrogen-bond acceptors (Lipinski definition) is 5. The largest absolute Gasteiger partial charge is 0.489 e. The smallest absolute Gasteiger partial charge is 0.248 e. The van der Waals surface area contributed by atoms with Crippen LogP contribution < -0.4 is 10.5 Å². The van der Waals surface area contributed by atoms with Crippen LogP contribution in [0.25, 0.3) is 11.4 Å². The van der Waals surface area contributed by atoms with Crippen molar-refractivity contribution in [1.82, 2.24) is 10.1 Å². The Labute approximate surface area is 144 Å². The summed E-state index contributed by atoms with van der Waals surface area (Å²) in [5, 5.41) is 4.03. The van der Waals surface area contributed by atoms with Crippen LogP contribution in [0.2, 0.25) is 0 Å². The summed E-state index contributed by atoms with van der Waals surface area (Å²) >= 11 is 0. The summed E-state index contributed by atoms with van der Waals surface area (Å²) in [5.41, 5.74) is 7.57. The molecule has 3 aromatic rings. The number of aromatic nitrogens is 2. The van der Waals surface area contributed by atoms with Gasteiger partial charge in [0.15, 0.2) is 0 Å². The molecule has 126 valence electrons. The second-order valence-electron chi connectivity index (χ2n) is 6.10. The van der Waals surface area contributed by atoms with Crippen LogP contribution in [-0.2, 0) is 6.61 Å². The van der Waals surface area contributed by atoms with Gasteiger partial charge in [-0.3, -0.25) is 4.79 Å². The maximum absolute atomic E-state index is 11.1. The van der Waals surface area contributed by atoms with Gasteiger partial charge in [0, 0.05) is 17.0 Å². The number of hydrogen-bond donors (Lipinski definition) is 1. The monoisotopic (exact) mass is 335 g/mol. The molecular weight excluding hydrogens is 318 g/mol. The van der Waals surface area contributed by atoms with Gasteiger partial charge in [0.2, 0.25) is 17.6 Å². The van der Waals surface area contributed by atoms with Gasteiger partial charge < -0.3 is 15.0 Å². The second-order valence-corrected chi connectivity index (χ2v) is 6.10. The van der Waals surface area contributed by atoms with E-state index in [1.807, 2.05) is 36.4 Å². The molecule has 1 aromatic heterocycles. The van der Waals surface area contributed by atoms with Crippen LogP contribution in [0, 0.1) is 0 Å². The number of carbonyl (C=O) groups is 1. The lowest BCUT2D eigenvalue weighted by Crippen LogP contribution is -2.10. The molecule has 0 saturated heterocycles. The topological polar surface area (TPSA) is 91.2 Å². The third kappa shape index (κ3) is 3.52. The van der Waals surface area contributed by atoms with Crippen molar-refractivity contribution in [3.8, 4) is 17.1 Å². The number of nitrogens with zero attached hydrogens (tertiary/aromatic N) is 2. The van der Waals surface area contributed by atoms with Crippen LogP contribution in [0.5, 0.6) is 5.75 Å². The molecular formula is C19H17N3O3. The van der Waals surface area contributed by atoms with Gasteiger partial charge in [-0.05, 0) is 54.8 Å². The van der Waals surface area contributed by atoms with Crippen LogP contribution in [-0.4, -0.2) is 16.0 Å². The van der Waals surface area contributed by atoms with E-state index in [2.05, 4.69) is 10.1 Å². The van der Waals surface area contributed by atoms with Gasteiger partial charge >= 0.3 is 0 Å². The van der Waals surface area contributed by atoms with E-state index in [1.165, 1.54) is 0 Å². The normalized spacial score (nSPS) is 13.6. The molecule has 0 unspecified atom stereocenters. The first-order valence-electron chi connectivity index (χ1n) is 8.14. The molecule has 25 heavy (non-hydrogen) atoms. The standard InChI is InChI=1S/C19H17N3O3/c20-17(23)13-3-1-12(2-4-13)11-24-16-9-7-14(8-10-16)18-21-19(25-22-18)15-5-6-15/h1-4,7-10,15H,5-6,11H2,(H2,20,23). The van der Waals surface area contributed by atoms with Crippen molar-refractivity contribution in [1.29, 1.82) is 0 Å². The fraction of sp³-hybridized carbons (Fsp3) is 0.211. The van der Waals surface area contributed by atoms with E-state index >= 15 is 0 Å². The van der Waals surface area contributed by atoms with Crippen molar-refractivity contribution < 1.29 is 14.1 Å². The van der Waals surface area contributed by atoms with Gasteiger partial charge in [0.25, 0.3) is 0 Å². The van der Waals surface area contributed by atoms with E-state index < -0.39 is 5.91 Å². The predicted molar refractivity (Wildman–Crippen MR) is 91.0 cm³/mol. The molecule has 2 N–H and O–H groups in total. The molecule has 0 aliphatic heterocycles. The molecule has 0 bridgehead atoms. The lowest BCUT2D eigenvalue weighted by atomic mass is 10.1. The lowest BCUT2D eigenvalue weighted by molar-refractivity contribution is 0.1000. The van der Waals surface area contributed by atoms with Gasteiger partial charge in [-0.2, -0.15) is 4.98 Å². The Kier molecular flexibility index (Phi) is 3.93. The van der Waals surface area contributed by atoms with E-state index in [1.54, 1.807) is 12.1 Å². The number of nitrogens with two attached hydrogens (primary N) is 1. The van der Waals surface area contributed by atoms with Crippen LogP contribution in [0.3, 0.4) is 0 Å². The van der Waals surface area contributed by atoms with Crippen LogP contribution in [0.15, 0.2) is 53.1 Å².